The number of hydrogen-bond acceptors (Lipinski definition) is 7. The van der Waals surface area contributed by atoms with E-state index in [1.807, 2.05) is 29.2 Å². The molecule has 3 N–H and O–H groups in total. The van der Waals surface area contributed by atoms with E-state index in [0.29, 0.717) is 31.1 Å². The molecule has 3 atom stereocenters. The number of nitrogens with one attached hydrogen (secondary N) is 3. The van der Waals surface area contributed by atoms with E-state index in [4.69, 9.17) is 4.42 Å². The van der Waals surface area contributed by atoms with Crippen molar-refractivity contribution in [1.29, 1.82) is 0 Å². The van der Waals surface area contributed by atoms with Crippen LogP contribution in [0.1, 0.15) is 6.42 Å². The Morgan fingerprint density at radius 3 is 2.85 bits per heavy atom. The van der Waals surface area contributed by atoms with Crippen molar-refractivity contribution in [3.8, 4) is 0 Å². The van der Waals surface area contributed by atoms with Gasteiger partial charge < -0.3 is 19.5 Å². The second kappa shape index (κ2) is 6.53. The molecule has 0 saturated carbocycles. The second-order valence-corrected chi connectivity index (χ2v) is 7.31. The summed E-state index contributed by atoms with van der Waals surface area (Å²) in [6.45, 7) is 4.78. The lowest BCUT2D eigenvalue weighted by Gasteiger charge is -2.36. The monoisotopic (exact) mass is 356 g/mol. The van der Waals surface area contributed by atoms with Crippen LogP contribution in [0.2, 0.25) is 0 Å². The Morgan fingerprint density at radius 1 is 1.15 bits per heavy atom. The van der Waals surface area contributed by atoms with Gasteiger partial charge in [-0.3, -0.25) is 10.2 Å². The van der Waals surface area contributed by atoms with Crippen molar-refractivity contribution in [2.75, 3.05) is 44.2 Å². The third kappa shape index (κ3) is 2.74. The van der Waals surface area contributed by atoms with Crippen LogP contribution >= 0.6 is 0 Å². The summed E-state index contributed by atoms with van der Waals surface area (Å²) in [7, 11) is 0. The van der Waals surface area contributed by atoms with Gasteiger partial charge in [0.1, 0.15) is 11.6 Å². The molecule has 26 heavy (non-hydrogen) atoms. The van der Waals surface area contributed by atoms with Gasteiger partial charge in [0.2, 0.25) is 5.91 Å². The van der Waals surface area contributed by atoms with E-state index in [-0.39, 0.29) is 11.9 Å². The van der Waals surface area contributed by atoms with E-state index in [1.54, 1.807) is 0 Å². The lowest BCUT2D eigenvalue weighted by Crippen LogP contribution is -2.56. The molecule has 2 aromatic rings. The van der Waals surface area contributed by atoms with E-state index in [1.165, 1.54) is 0 Å². The average molecular weight is 356 g/mol. The quantitative estimate of drug-likeness (QED) is 0.695. The van der Waals surface area contributed by atoms with Crippen LogP contribution in [0.5, 0.6) is 0 Å². The molecule has 3 saturated heterocycles. The van der Waals surface area contributed by atoms with Crippen molar-refractivity contribution in [2.24, 2.45) is 5.92 Å². The first-order chi connectivity index (χ1) is 12.8. The van der Waals surface area contributed by atoms with Gasteiger partial charge in [0.15, 0.2) is 5.58 Å². The summed E-state index contributed by atoms with van der Waals surface area (Å²) in [5, 5.41) is 3.41. The molecule has 138 valence electrons. The minimum atomic E-state index is -0.135. The molecule has 1 aromatic carbocycles. The van der Waals surface area contributed by atoms with Crippen molar-refractivity contribution in [2.45, 2.75) is 18.5 Å². The smallest absolute Gasteiger partial charge is 0.298 e. The lowest BCUT2D eigenvalue weighted by atomic mass is 9.89. The third-order valence-corrected chi connectivity index (χ3v) is 5.79. The molecule has 1 aromatic heterocycles. The first kappa shape index (κ1) is 16.0. The molecule has 3 aliphatic heterocycles. The van der Waals surface area contributed by atoms with Gasteiger partial charge in [-0.2, -0.15) is 4.98 Å². The molecule has 8 nitrogen and oxygen atoms in total. The number of hydrogen-bond donors (Lipinski definition) is 3. The van der Waals surface area contributed by atoms with E-state index < -0.39 is 0 Å². The summed E-state index contributed by atoms with van der Waals surface area (Å²) < 4.78 is 5.85. The number of piperidine rings is 1. The highest BCUT2D eigenvalue weighted by Gasteiger charge is 2.43. The number of carbonyl (C=O) groups excluding carboxylic acids is 1. The van der Waals surface area contributed by atoms with Crippen LogP contribution in [0, 0.1) is 5.92 Å². The number of piperazine rings is 1. The third-order valence-electron chi connectivity index (χ3n) is 5.79. The number of nitrogens with zero attached hydrogens (tertiary/aromatic N) is 3. The van der Waals surface area contributed by atoms with E-state index in [9.17, 15) is 4.79 Å². The standard InChI is InChI=1S/C18H24N6O2/c25-17(16-12-11-19-6-5-13(12)21-22-16)23-7-9-24(10-8-23)18-20-14-3-1-2-4-15(14)26-18/h1-4,12-13,16,19,21-22H,5-11H2. The van der Waals surface area contributed by atoms with Crippen molar-refractivity contribution in [3.63, 3.8) is 0 Å². The maximum Gasteiger partial charge on any atom is 0.298 e. The number of benzene rings is 1. The second-order valence-electron chi connectivity index (χ2n) is 7.31. The maximum atomic E-state index is 13.0. The van der Waals surface area contributed by atoms with Gasteiger partial charge in [-0.25, -0.2) is 5.43 Å². The van der Waals surface area contributed by atoms with Crippen molar-refractivity contribution in [1.82, 2.24) is 26.1 Å². The van der Waals surface area contributed by atoms with Crippen LogP contribution in [0.3, 0.4) is 0 Å². The molecule has 3 fully saturated rings. The molecular weight excluding hydrogens is 332 g/mol. The van der Waals surface area contributed by atoms with Gasteiger partial charge >= 0.3 is 0 Å². The molecular formula is C18H24N6O2. The fraction of sp³-hybridized carbons (Fsp3) is 0.556. The van der Waals surface area contributed by atoms with Crippen LogP contribution in [0.15, 0.2) is 28.7 Å². The van der Waals surface area contributed by atoms with Gasteiger partial charge in [-0.1, -0.05) is 12.1 Å². The number of fused-ring (bicyclic) bond motifs is 2. The van der Waals surface area contributed by atoms with Gasteiger partial charge in [0.25, 0.3) is 6.01 Å². The number of hydrazine groups is 1. The first-order valence-electron chi connectivity index (χ1n) is 9.41. The Bertz CT molecular complexity index is 767. The maximum absolute atomic E-state index is 13.0. The van der Waals surface area contributed by atoms with E-state index in [0.717, 1.165) is 43.7 Å². The minimum absolute atomic E-state index is 0.135. The van der Waals surface area contributed by atoms with Crippen LogP contribution in [-0.4, -0.2) is 67.1 Å². The molecule has 1 amide bonds. The predicted octanol–water partition coefficient (Wildman–Crippen LogP) is -0.0691. The molecule has 5 rings (SSSR count). The molecule has 4 heterocycles. The number of anilines is 1. The highest BCUT2D eigenvalue weighted by atomic mass is 16.4. The Balaban J connectivity index is 1.23. The molecule has 8 heteroatoms. The largest absolute Gasteiger partial charge is 0.423 e. The molecule has 3 aliphatic rings. The Hall–Kier alpha value is -2.16. The summed E-state index contributed by atoms with van der Waals surface area (Å²) in [5.41, 5.74) is 8.21. The number of oxazole rings is 1. The zero-order valence-corrected chi connectivity index (χ0v) is 14.6. The number of carbonyl (C=O) groups is 1. The summed E-state index contributed by atoms with van der Waals surface area (Å²) >= 11 is 0. The Labute approximate surface area is 151 Å². The van der Waals surface area contributed by atoms with Crippen molar-refractivity contribution < 1.29 is 9.21 Å². The predicted molar refractivity (Wildman–Crippen MR) is 97.6 cm³/mol. The molecule has 3 unspecified atom stereocenters. The first-order valence-corrected chi connectivity index (χ1v) is 9.41. The highest BCUT2D eigenvalue weighted by molar-refractivity contribution is 5.83. The Kier molecular flexibility index (Phi) is 4.03. The van der Waals surface area contributed by atoms with Crippen LogP contribution in [0.4, 0.5) is 6.01 Å². The van der Waals surface area contributed by atoms with Crippen LogP contribution in [0.25, 0.3) is 11.1 Å². The fourth-order valence-electron chi connectivity index (χ4n) is 4.27. The number of para-hydroxylation sites is 2. The van der Waals surface area contributed by atoms with Crippen LogP contribution in [-0.2, 0) is 4.79 Å². The molecule has 0 aliphatic carbocycles. The van der Waals surface area contributed by atoms with E-state index >= 15 is 0 Å². The van der Waals surface area contributed by atoms with E-state index in [2.05, 4.69) is 26.1 Å². The minimum Gasteiger partial charge on any atom is -0.423 e. The summed E-state index contributed by atoms with van der Waals surface area (Å²) in [6.07, 6.45) is 1.06. The lowest BCUT2D eigenvalue weighted by molar-refractivity contribution is -0.134. The SMILES string of the molecule is O=C(C1NNC2CCNCC21)N1CCN(c2nc3ccccc3o2)CC1. The van der Waals surface area contributed by atoms with Gasteiger partial charge in [0.05, 0.1) is 0 Å². The van der Waals surface area contributed by atoms with Gasteiger partial charge in [0, 0.05) is 44.7 Å². The zero-order chi connectivity index (χ0) is 17.5. The highest BCUT2D eigenvalue weighted by Crippen LogP contribution is 2.24. The Morgan fingerprint density at radius 2 is 2.00 bits per heavy atom. The fourth-order valence-corrected chi connectivity index (χ4v) is 4.27. The van der Waals surface area contributed by atoms with Gasteiger partial charge in [-0.05, 0) is 25.1 Å². The summed E-state index contributed by atoms with van der Waals surface area (Å²) in [5.74, 6) is 0.525. The van der Waals surface area contributed by atoms with Crippen LogP contribution < -0.4 is 21.1 Å². The topological polar surface area (TPSA) is 85.7 Å². The van der Waals surface area contributed by atoms with Gasteiger partial charge in [-0.15, -0.1) is 0 Å². The summed E-state index contributed by atoms with van der Waals surface area (Å²) in [6, 6.07) is 8.70. The van der Waals surface area contributed by atoms with Crippen molar-refractivity contribution in [3.05, 3.63) is 24.3 Å². The molecule has 0 spiro atoms. The molecule has 0 bridgehead atoms. The number of amides is 1. The number of aromatic nitrogens is 1. The normalized spacial score (nSPS) is 29.2. The van der Waals surface area contributed by atoms with Crippen molar-refractivity contribution >= 4 is 23.0 Å². The molecule has 0 radical (unpaired) electrons. The average Bonchev–Trinajstić information content (AvgIpc) is 3.32. The number of rotatable bonds is 2. The summed E-state index contributed by atoms with van der Waals surface area (Å²) in [4.78, 5) is 21.6. The zero-order valence-electron chi connectivity index (χ0n) is 14.6.